The van der Waals surface area contributed by atoms with Crippen LogP contribution < -0.4 is 0 Å². The molecule has 104 valence electrons. The maximum atomic E-state index is 12.0. The Morgan fingerprint density at radius 2 is 1.65 bits per heavy atom. The van der Waals surface area contributed by atoms with Crippen molar-refractivity contribution in [3.05, 3.63) is 49.3 Å². The van der Waals surface area contributed by atoms with Gasteiger partial charge in [0.15, 0.2) is 0 Å². The van der Waals surface area contributed by atoms with E-state index in [0.717, 1.165) is 5.56 Å². The number of carbonyl (C=O) groups excluding carboxylic acids is 1. The number of rotatable bonds is 2. The molecule has 0 spiro atoms. The van der Waals surface area contributed by atoms with Gasteiger partial charge in [-0.3, -0.25) is 0 Å². The van der Waals surface area contributed by atoms with Gasteiger partial charge in [0, 0.05) is 10.0 Å². The Labute approximate surface area is 141 Å². The molecule has 0 amide bonds. The number of carbonyl (C=O) groups is 1. The van der Waals surface area contributed by atoms with E-state index in [1.807, 2.05) is 30.3 Å². The Bertz CT molecular complexity index is 669. The Kier molecular flexibility index (Phi) is 4.88. The zero-order chi connectivity index (χ0) is 14.9. The summed E-state index contributed by atoms with van der Waals surface area (Å²) in [4.78, 5) is 12.0. The summed E-state index contributed by atoms with van der Waals surface area (Å²) < 4.78 is 6.35. The van der Waals surface area contributed by atoms with Gasteiger partial charge in [0.2, 0.25) is 0 Å². The number of aromatic hydroxyl groups is 1. The molecular formula is C14H9Br3O3. The largest absolute Gasteiger partial charge is 0.506 e. The second kappa shape index (κ2) is 6.28. The van der Waals surface area contributed by atoms with Crippen molar-refractivity contribution in [1.82, 2.24) is 0 Å². The second-order valence-electron chi connectivity index (χ2n) is 3.90. The molecule has 0 fully saturated rings. The third-order valence-electron chi connectivity index (χ3n) is 2.75. The molecule has 0 aliphatic heterocycles. The van der Waals surface area contributed by atoms with E-state index in [4.69, 9.17) is 4.74 Å². The number of benzene rings is 2. The third-order valence-corrected chi connectivity index (χ3v) is 6.17. The van der Waals surface area contributed by atoms with E-state index in [1.165, 1.54) is 7.11 Å². The normalized spacial score (nSPS) is 10.4. The molecular weight excluding hydrogens is 456 g/mol. The molecule has 6 heteroatoms. The van der Waals surface area contributed by atoms with Gasteiger partial charge in [-0.1, -0.05) is 30.3 Å². The summed E-state index contributed by atoms with van der Waals surface area (Å²) in [5.74, 6) is -0.550. The van der Waals surface area contributed by atoms with Crippen molar-refractivity contribution in [3.8, 4) is 16.9 Å². The van der Waals surface area contributed by atoms with Crippen LogP contribution in [0.25, 0.3) is 11.1 Å². The van der Waals surface area contributed by atoms with Crippen LogP contribution in [0.5, 0.6) is 5.75 Å². The zero-order valence-electron chi connectivity index (χ0n) is 10.3. The summed E-state index contributed by atoms with van der Waals surface area (Å²) in [5.41, 5.74) is 1.41. The number of ether oxygens (including phenoxy) is 1. The van der Waals surface area contributed by atoms with E-state index in [1.54, 1.807) is 0 Å². The van der Waals surface area contributed by atoms with Crippen molar-refractivity contribution < 1.29 is 14.6 Å². The zero-order valence-corrected chi connectivity index (χ0v) is 15.0. The minimum absolute atomic E-state index is 0.0216. The standard InChI is InChI=1S/C14H9Br3O3/c1-20-14(19)9-8(7-5-3-2-4-6-7)13(18)12(17)11(16)10(9)15/h2-6,18H,1H3. The molecule has 0 atom stereocenters. The van der Waals surface area contributed by atoms with Gasteiger partial charge in [0.1, 0.15) is 5.75 Å². The van der Waals surface area contributed by atoms with Crippen molar-refractivity contribution in [3.63, 3.8) is 0 Å². The lowest BCUT2D eigenvalue weighted by Crippen LogP contribution is -2.06. The lowest BCUT2D eigenvalue weighted by Gasteiger charge is -2.15. The number of phenolic OH excluding ortho intramolecular Hbond substituents is 1. The first kappa shape index (κ1) is 15.5. The number of esters is 1. The van der Waals surface area contributed by atoms with Crippen LogP contribution in [0.1, 0.15) is 10.4 Å². The van der Waals surface area contributed by atoms with Gasteiger partial charge >= 0.3 is 5.97 Å². The highest BCUT2D eigenvalue weighted by Gasteiger charge is 2.26. The Balaban J connectivity index is 2.88. The second-order valence-corrected chi connectivity index (χ2v) is 6.28. The third kappa shape index (κ3) is 2.64. The molecule has 0 aliphatic rings. The molecule has 0 saturated carbocycles. The first-order valence-corrected chi connectivity index (χ1v) is 7.90. The minimum Gasteiger partial charge on any atom is -0.506 e. The highest BCUT2D eigenvalue weighted by atomic mass is 79.9. The highest BCUT2D eigenvalue weighted by molar-refractivity contribution is 9.14. The topological polar surface area (TPSA) is 46.5 Å². The summed E-state index contributed by atoms with van der Waals surface area (Å²) in [7, 11) is 1.30. The first-order valence-electron chi connectivity index (χ1n) is 5.52. The van der Waals surface area contributed by atoms with Gasteiger partial charge in [-0.2, -0.15) is 0 Å². The minimum atomic E-state index is -0.528. The molecule has 0 radical (unpaired) electrons. The Hall–Kier alpha value is -0.850. The number of halogens is 3. The summed E-state index contributed by atoms with van der Waals surface area (Å²) in [5, 5.41) is 10.4. The molecule has 0 unspecified atom stereocenters. The predicted molar refractivity (Wildman–Crippen MR) is 88.0 cm³/mol. The molecule has 0 heterocycles. The van der Waals surface area contributed by atoms with Crippen LogP contribution in [0.2, 0.25) is 0 Å². The quantitative estimate of drug-likeness (QED) is 0.495. The van der Waals surface area contributed by atoms with Gasteiger partial charge in [0.05, 0.1) is 21.6 Å². The summed E-state index contributed by atoms with van der Waals surface area (Å²) in [6.45, 7) is 0. The molecule has 2 rings (SSSR count). The van der Waals surface area contributed by atoms with Crippen molar-refractivity contribution in [2.75, 3.05) is 7.11 Å². The van der Waals surface area contributed by atoms with E-state index in [0.29, 0.717) is 19.0 Å². The van der Waals surface area contributed by atoms with Gasteiger partial charge in [-0.15, -0.1) is 0 Å². The Morgan fingerprint density at radius 3 is 2.20 bits per heavy atom. The maximum absolute atomic E-state index is 12.0. The fourth-order valence-corrected chi connectivity index (χ4v) is 3.43. The van der Waals surface area contributed by atoms with Gasteiger partial charge in [-0.25, -0.2) is 4.79 Å². The van der Waals surface area contributed by atoms with E-state index in [2.05, 4.69) is 47.8 Å². The average Bonchev–Trinajstić information content (AvgIpc) is 2.48. The van der Waals surface area contributed by atoms with Gasteiger partial charge in [-0.05, 0) is 53.4 Å². The molecule has 2 aromatic rings. The molecule has 1 N–H and O–H groups in total. The highest BCUT2D eigenvalue weighted by Crippen LogP contribution is 2.47. The van der Waals surface area contributed by atoms with E-state index < -0.39 is 5.97 Å². The summed E-state index contributed by atoms with van der Waals surface area (Å²) in [6, 6.07) is 9.16. The van der Waals surface area contributed by atoms with Crippen LogP contribution in [0, 0.1) is 0 Å². The number of hydrogen-bond acceptors (Lipinski definition) is 3. The van der Waals surface area contributed by atoms with Crippen LogP contribution in [0.15, 0.2) is 43.7 Å². The SMILES string of the molecule is COC(=O)c1c(Br)c(Br)c(Br)c(O)c1-c1ccccc1. The molecule has 0 aliphatic carbocycles. The Morgan fingerprint density at radius 1 is 1.05 bits per heavy atom. The number of hydrogen-bond donors (Lipinski definition) is 1. The van der Waals surface area contributed by atoms with Crippen LogP contribution in [-0.2, 0) is 4.74 Å². The fourth-order valence-electron chi connectivity index (χ4n) is 1.83. The first-order chi connectivity index (χ1) is 9.49. The molecule has 0 bridgehead atoms. The smallest absolute Gasteiger partial charge is 0.339 e. The summed E-state index contributed by atoms with van der Waals surface area (Å²) in [6.07, 6.45) is 0. The van der Waals surface area contributed by atoms with Crippen LogP contribution in [0.4, 0.5) is 0 Å². The number of phenols is 1. The van der Waals surface area contributed by atoms with Crippen molar-refractivity contribution in [2.45, 2.75) is 0 Å². The van der Waals surface area contributed by atoms with E-state index >= 15 is 0 Å². The lowest BCUT2D eigenvalue weighted by atomic mass is 9.98. The van der Waals surface area contributed by atoms with Crippen LogP contribution in [0.3, 0.4) is 0 Å². The van der Waals surface area contributed by atoms with Gasteiger partial charge in [0.25, 0.3) is 0 Å². The molecule has 0 saturated heterocycles. The lowest BCUT2D eigenvalue weighted by molar-refractivity contribution is 0.0600. The monoisotopic (exact) mass is 462 g/mol. The molecule has 20 heavy (non-hydrogen) atoms. The molecule has 2 aromatic carbocycles. The average molecular weight is 465 g/mol. The van der Waals surface area contributed by atoms with Crippen LogP contribution >= 0.6 is 47.8 Å². The predicted octanol–water partition coefficient (Wildman–Crippen LogP) is 5.13. The van der Waals surface area contributed by atoms with E-state index in [-0.39, 0.29) is 11.3 Å². The van der Waals surface area contributed by atoms with Crippen LogP contribution in [-0.4, -0.2) is 18.2 Å². The fraction of sp³-hybridized carbons (Fsp3) is 0.0714. The molecule has 3 nitrogen and oxygen atoms in total. The molecule has 0 aromatic heterocycles. The van der Waals surface area contributed by atoms with Crippen molar-refractivity contribution in [1.29, 1.82) is 0 Å². The van der Waals surface area contributed by atoms with E-state index in [9.17, 15) is 9.90 Å². The maximum Gasteiger partial charge on any atom is 0.339 e. The number of methoxy groups -OCH3 is 1. The van der Waals surface area contributed by atoms with Crippen molar-refractivity contribution in [2.24, 2.45) is 0 Å². The van der Waals surface area contributed by atoms with Crippen molar-refractivity contribution >= 4 is 53.8 Å². The van der Waals surface area contributed by atoms with Gasteiger partial charge < -0.3 is 9.84 Å². The summed E-state index contributed by atoms with van der Waals surface area (Å²) >= 11 is 9.99.